The number of benzene rings is 1. The number of amides is 1. The molecule has 0 bridgehead atoms. The lowest BCUT2D eigenvalue weighted by atomic mass is 10.1. The van der Waals surface area contributed by atoms with Crippen LogP contribution in [0.2, 0.25) is 0 Å². The van der Waals surface area contributed by atoms with Gasteiger partial charge in [-0.3, -0.25) is 4.79 Å². The van der Waals surface area contributed by atoms with Crippen LogP contribution in [0.15, 0.2) is 18.2 Å². The first-order valence-corrected chi connectivity index (χ1v) is 8.10. The summed E-state index contributed by atoms with van der Waals surface area (Å²) in [5.74, 6) is -0.774. The number of carbonyl (C=O) groups is 2. The van der Waals surface area contributed by atoms with Crippen molar-refractivity contribution in [3.63, 3.8) is 0 Å². The minimum Gasteiger partial charge on any atom is -0.462 e. The Morgan fingerprint density at radius 3 is 2.35 bits per heavy atom. The van der Waals surface area contributed by atoms with Crippen LogP contribution < -0.4 is 11.1 Å². The maximum atomic E-state index is 12.5. The summed E-state index contributed by atoms with van der Waals surface area (Å²) >= 11 is 1.10. The first-order chi connectivity index (χ1) is 10.8. The van der Waals surface area contributed by atoms with Crippen LogP contribution in [0.1, 0.15) is 43.6 Å². The molecule has 0 aliphatic rings. The second-order valence-electron chi connectivity index (χ2n) is 5.35. The van der Waals surface area contributed by atoms with Crippen molar-refractivity contribution in [3.05, 3.63) is 45.3 Å². The van der Waals surface area contributed by atoms with Gasteiger partial charge in [-0.2, -0.15) is 0 Å². The minimum atomic E-state index is -0.496. The highest BCUT2D eigenvalue weighted by atomic mass is 32.1. The van der Waals surface area contributed by atoms with Crippen molar-refractivity contribution in [2.45, 2.75) is 27.7 Å². The molecule has 2 aromatic rings. The Hall–Kier alpha value is -2.34. The predicted octanol–water partition coefficient (Wildman–Crippen LogP) is 3.68. The summed E-state index contributed by atoms with van der Waals surface area (Å²) in [6, 6.07) is 5.82. The van der Waals surface area contributed by atoms with Crippen molar-refractivity contribution in [1.82, 2.24) is 0 Å². The summed E-state index contributed by atoms with van der Waals surface area (Å²) in [4.78, 5) is 24.9. The second kappa shape index (κ2) is 6.83. The number of thiophene rings is 1. The van der Waals surface area contributed by atoms with E-state index in [1.165, 1.54) is 0 Å². The molecule has 0 atom stereocenters. The van der Waals surface area contributed by atoms with E-state index >= 15 is 0 Å². The third-order valence-electron chi connectivity index (χ3n) is 3.34. The maximum Gasteiger partial charge on any atom is 0.341 e. The van der Waals surface area contributed by atoms with E-state index in [-0.39, 0.29) is 18.1 Å². The molecule has 1 amide bonds. The summed E-state index contributed by atoms with van der Waals surface area (Å²) in [6.07, 6.45) is 0. The molecular weight excluding hydrogens is 312 g/mol. The largest absolute Gasteiger partial charge is 0.462 e. The Balaban J connectivity index is 2.30. The van der Waals surface area contributed by atoms with Crippen molar-refractivity contribution in [2.75, 3.05) is 17.7 Å². The van der Waals surface area contributed by atoms with Gasteiger partial charge in [0.05, 0.1) is 17.0 Å². The number of hydrogen-bond donors (Lipinski definition) is 2. The summed E-state index contributed by atoms with van der Waals surface area (Å²) < 4.78 is 4.99. The molecular formula is C17H20N2O3S. The number of nitrogens with one attached hydrogen (secondary N) is 1. The van der Waals surface area contributed by atoms with Crippen molar-refractivity contribution < 1.29 is 14.3 Å². The van der Waals surface area contributed by atoms with Crippen LogP contribution in [0, 0.1) is 20.8 Å². The normalized spacial score (nSPS) is 10.4. The molecule has 0 radical (unpaired) electrons. The van der Waals surface area contributed by atoms with E-state index in [1.807, 2.05) is 32.0 Å². The van der Waals surface area contributed by atoms with E-state index < -0.39 is 5.97 Å². The van der Waals surface area contributed by atoms with Crippen LogP contribution in [-0.2, 0) is 4.74 Å². The molecule has 0 spiro atoms. The number of hydrogen-bond acceptors (Lipinski definition) is 5. The minimum absolute atomic E-state index is 0.262. The zero-order valence-corrected chi connectivity index (χ0v) is 14.5. The molecule has 0 saturated heterocycles. The van der Waals surface area contributed by atoms with Crippen LogP contribution in [0.25, 0.3) is 0 Å². The standard InChI is InChI=1S/C17H20N2O3S/c1-5-22-17(21)13-11(4)14(23-15(13)18)16(20)19-12-7-9(2)6-10(3)8-12/h6-8H,5,18H2,1-4H3,(H,19,20). The van der Waals surface area contributed by atoms with Crippen molar-refractivity contribution in [1.29, 1.82) is 0 Å². The Kier molecular flexibility index (Phi) is 5.05. The molecule has 6 heteroatoms. The topological polar surface area (TPSA) is 81.4 Å². The fraction of sp³-hybridized carbons (Fsp3) is 0.294. The molecule has 0 aliphatic carbocycles. The van der Waals surface area contributed by atoms with Crippen LogP contribution in [0.4, 0.5) is 10.7 Å². The monoisotopic (exact) mass is 332 g/mol. The number of ether oxygens (including phenoxy) is 1. The Morgan fingerprint density at radius 1 is 1.17 bits per heavy atom. The average Bonchev–Trinajstić information content (AvgIpc) is 2.73. The number of nitrogens with two attached hydrogens (primary N) is 1. The number of nitrogen functional groups attached to an aromatic ring is 1. The number of esters is 1. The number of aryl methyl sites for hydroxylation is 2. The van der Waals surface area contributed by atoms with Gasteiger partial charge in [0.1, 0.15) is 5.00 Å². The Bertz CT molecular complexity index is 745. The summed E-state index contributed by atoms with van der Waals surface area (Å²) in [7, 11) is 0. The van der Waals surface area contributed by atoms with Gasteiger partial charge in [0.25, 0.3) is 5.91 Å². The highest BCUT2D eigenvalue weighted by Gasteiger charge is 2.24. The summed E-state index contributed by atoms with van der Waals surface area (Å²) in [5, 5.41) is 3.15. The SMILES string of the molecule is CCOC(=O)c1c(N)sc(C(=O)Nc2cc(C)cc(C)c2)c1C. The molecule has 1 aromatic carbocycles. The number of carbonyl (C=O) groups excluding carboxylic acids is 2. The third-order valence-corrected chi connectivity index (χ3v) is 4.46. The van der Waals surface area contributed by atoms with Crippen molar-refractivity contribution in [2.24, 2.45) is 0 Å². The lowest BCUT2D eigenvalue weighted by Gasteiger charge is -2.07. The fourth-order valence-electron chi connectivity index (χ4n) is 2.44. The first-order valence-electron chi connectivity index (χ1n) is 7.29. The van der Waals surface area contributed by atoms with Gasteiger partial charge in [-0.15, -0.1) is 11.3 Å². The molecule has 1 aromatic heterocycles. The fourth-order valence-corrected chi connectivity index (χ4v) is 3.40. The molecule has 0 unspecified atom stereocenters. The van der Waals surface area contributed by atoms with Gasteiger partial charge in [0.2, 0.25) is 0 Å². The molecule has 0 saturated carbocycles. The smallest absolute Gasteiger partial charge is 0.341 e. The van der Waals surface area contributed by atoms with E-state index in [0.29, 0.717) is 15.4 Å². The van der Waals surface area contributed by atoms with Gasteiger partial charge in [-0.25, -0.2) is 4.79 Å². The zero-order valence-electron chi connectivity index (χ0n) is 13.6. The van der Waals surface area contributed by atoms with Gasteiger partial charge in [-0.05, 0) is 56.5 Å². The highest BCUT2D eigenvalue weighted by Crippen LogP contribution is 2.31. The van der Waals surface area contributed by atoms with Gasteiger partial charge in [-0.1, -0.05) is 6.07 Å². The lowest BCUT2D eigenvalue weighted by Crippen LogP contribution is -2.13. The second-order valence-corrected chi connectivity index (χ2v) is 6.40. The maximum absolute atomic E-state index is 12.5. The Morgan fingerprint density at radius 2 is 1.78 bits per heavy atom. The van der Waals surface area contributed by atoms with Gasteiger partial charge < -0.3 is 15.8 Å². The van der Waals surface area contributed by atoms with Gasteiger partial charge in [0, 0.05) is 5.69 Å². The first kappa shape index (κ1) is 17.0. The number of anilines is 2. The predicted molar refractivity (Wildman–Crippen MR) is 93.3 cm³/mol. The molecule has 0 fully saturated rings. The molecule has 122 valence electrons. The van der Waals surface area contributed by atoms with E-state index in [2.05, 4.69) is 5.32 Å². The molecule has 3 N–H and O–H groups in total. The van der Waals surface area contributed by atoms with Gasteiger partial charge in [0.15, 0.2) is 0 Å². The van der Waals surface area contributed by atoms with Gasteiger partial charge >= 0.3 is 5.97 Å². The van der Waals surface area contributed by atoms with E-state index in [1.54, 1.807) is 13.8 Å². The zero-order chi connectivity index (χ0) is 17.1. The summed E-state index contributed by atoms with van der Waals surface area (Å²) in [5.41, 5.74) is 9.57. The van der Waals surface area contributed by atoms with E-state index in [9.17, 15) is 9.59 Å². The third kappa shape index (κ3) is 3.71. The molecule has 5 nitrogen and oxygen atoms in total. The highest BCUT2D eigenvalue weighted by molar-refractivity contribution is 7.18. The lowest BCUT2D eigenvalue weighted by molar-refractivity contribution is 0.0527. The van der Waals surface area contributed by atoms with Crippen molar-refractivity contribution >= 4 is 33.9 Å². The van der Waals surface area contributed by atoms with Crippen molar-refractivity contribution in [3.8, 4) is 0 Å². The van der Waals surface area contributed by atoms with E-state index in [0.717, 1.165) is 28.2 Å². The quantitative estimate of drug-likeness (QED) is 0.837. The van der Waals surface area contributed by atoms with E-state index in [4.69, 9.17) is 10.5 Å². The molecule has 23 heavy (non-hydrogen) atoms. The van der Waals surface area contributed by atoms with Crippen LogP contribution in [0.3, 0.4) is 0 Å². The molecule has 1 heterocycles. The summed E-state index contributed by atoms with van der Waals surface area (Å²) in [6.45, 7) is 7.63. The van der Waals surface area contributed by atoms with Crippen LogP contribution in [0.5, 0.6) is 0 Å². The Labute approximate surface area is 139 Å². The number of rotatable bonds is 4. The van der Waals surface area contributed by atoms with Crippen LogP contribution >= 0.6 is 11.3 Å². The van der Waals surface area contributed by atoms with Crippen LogP contribution in [-0.4, -0.2) is 18.5 Å². The molecule has 2 rings (SSSR count). The average molecular weight is 332 g/mol. The molecule has 0 aliphatic heterocycles.